The molecule has 122 valence electrons. The summed E-state index contributed by atoms with van der Waals surface area (Å²) in [6.45, 7) is 1.38. The lowest BCUT2D eigenvalue weighted by atomic mass is 10.3. The van der Waals surface area contributed by atoms with Crippen molar-refractivity contribution in [3.63, 3.8) is 0 Å². The zero-order valence-corrected chi connectivity index (χ0v) is 14.0. The van der Waals surface area contributed by atoms with E-state index in [-0.39, 0.29) is 15.7 Å². The van der Waals surface area contributed by atoms with Crippen LogP contribution in [0.1, 0.15) is 16.6 Å². The molecule has 0 unspecified atom stereocenters. The largest absolute Gasteiger partial charge is 0.465 e. The maximum Gasteiger partial charge on any atom is 0.349 e. The fourth-order valence-corrected chi connectivity index (χ4v) is 4.18. The standard InChI is InChI=1S/C14H14N2O5S2/c1-9(17)15-10-3-5-11(6-4-10)16-23(19,20)12-7-8-22-13(12)14(18)21-2/h3-8,16H,1-2H3,(H,15,17). The average molecular weight is 354 g/mol. The molecule has 0 bridgehead atoms. The van der Waals surface area contributed by atoms with Gasteiger partial charge in [-0.05, 0) is 35.7 Å². The predicted octanol–water partition coefficient (Wildman–Crippen LogP) is 2.29. The van der Waals surface area contributed by atoms with Gasteiger partial charge in [0.15, 0.2) is 0 Å². The first-order valence-corrected chi connectivity index (χ1v) is 8.76. The van der Waals surface area contributed by atoms with E-state index in [1.165, 1.54) is 37.6 Å². The van der Waals surface area contributed by atoms with Crippen molar-refractivity contribution in [2.45, 2.75) is 11.8 Å². The first-order valence-electron chi connectivity index (χ1n) is 6.40. The number of carbonyl (C=O) groups is 2. The number of carbonyl (C=O) groups excluding carboxylic acids is 2. The van der Waals surface area contributed by atoms with Crippen LogP contribution in [0.25, 0.3) is 0 Å². The van der Waals surface area contributed by atoms with Crippen molar-refractivity contribution >= 4 is 44.6 Å². The number of anilines is 2. The Morgan fingerprint density at radius 2 is 1.70 bits per heavy atom. The Balaban J connectivity index is 2.23. The molecule has 23 heavy (non-hydrogen) atoms. The van der Waals surface area contributed by atoms with Crippen LogP contribution in [-0.2, 0) is 19.6 Å². The SMILES string of the molecule is COC(=O)c1sccc1S(=O)(=O)Nc1ccc(NC(C)=O)cc1. The Morgan fingerprint density at radius 1 is 1.09 bits per heavy atom. The summed E-state index contributed by atoms with van der Waals surface area (Å²) in [7, 11) is -2.73. The molecule has 0 fully saturated rings. The number of sulfonamides is 1. The molecule has 0 aliphatic heterocycles. The van der Waals surface area contributed by atoms with Crippen LogP contribution in [0.5, 0.6) is 0 Å². The molecule has 0 saturated carbocycles. The summed E-state index contributed by atoms with van der Waals surface area (Å²) in [6.07, 6.45) is 0. The van der Waals surface area contributed by atoms with Gasteiger partial charge in [-0.2, -0.15) is 0 Å². The molecule has 0 atom stereocenters. The third-order valence-electron chi connectivity index (χ3n) is 2.75. The zero-order valence-electron chi connectivity index (χ0n) is 12.3. The van der Waals surface area contributed by atoms with Crippen LogP contribution in [0, 0.1) is 0 Å². The topological polar surface area (TPSA) is 102 Å². The first-order chi connectivity index (χ1) is 10.8. The van der Waals surface area contributed by atoms with Gasteiger partial charge >= 0.3 is 5.97 Å². The molecular formula is C14H14N2O5S2. The van der Waals surface area contributed by atoms with E-state index in [4.69, 9.17) is 0 Å². The molecular weight excluding hydrogens is 340 g/mol. The van der Waals surface area contributed by atoms with E-state index in [9.17, 15) is 18.0 Å². The van der Waals surface area contributed by atoms with Crippen LogP contribution >= 0.6 is 11.3 Å². The molecule has 0 radical (unpaired) electrons. The van der Waals surface area contributed by atoms with E-state index in [0.717, 1.165) is 11.3 Å². The van der Waals surface area contributed by atoms with Gasteiger partial charge in [-0.15, -0.1) is 11.3 Å². The Hall–Kier alpha value is -2.39. The summed E-state index contributed by atoms with van der Waals surface area (Å²) in [6, 6.07) is 7.48. The summed E-state index contributed by atoms with van der Waals surface area (Å²) in [5.74, 6) is -0.930. The summed E-state index contributed by atoms with van der Waals surface area (Å²) in [5.41, 5.74) is 0.854. The highest BCUT2D eigenvalue weighted by molar-refractivity contribution is 7.93. The normalized spacial score (nSPS) is 10.9. The van der Waals surface area contributed by atoms with Gasteiger partial charge in [0.1, 0.15) is 9.77 Å². The molecule has 0 spiro atoms. The van der Waals surface area contributed by atoms with E-state index < -0.39 is 16.0 Å². The Morgan fingerprint density at radius 3 is 2.26 bits per heavy atom. The summed E-state index contributed by atoms with van der Waals surface area (Å²) in [5, 5.41) is 4.08. The second-order valence-corrected chi connectivity index (χ2v) is 7.04. The molecule has 1 aromatic heterocycles. The van der Waals surface area contributed by atoms with Crippen LogP contribution in [0.2, 0.25) is 0 Å². The number of methoxy groups -OCH3 is 1. The predicted molar refractivity (Wildman–Crippen MR) is 87.2 cm³/mol. The van der Waals surface area contributed by atoms with E-state index in [1.54, 1.807) is 12.1 Å². The van der Waals surface area contributed by atoms with E-state index >= 15 is 0 Å². The number of hydrogen-bond donors (Lipinski definition) is 2. The van der Waals surface area contributed by atoms with E-state index in [2.05, 4.69) is 14.8 Å². The van der Waals surface area contributed by atoms with Crippen LogP contribution in [0.3, 0.4) is 0 Å². The average Bonchev–Trinajstić information content (AvgIpc) is 2.98. The summed E-state index contributed by atoms with van der Waals surface area (Å²) in [4.78, 5) is 22.4. The lowest BCUT2D eigenvalue weighted by Crippen LogP contribution is -2.15. The van der Waals surface area contributed by atoms with Crippen molar-refractivity contribution in [1.29, 1.82) is 0 Å². The highest BCUT2D eigenvalue weighted by Gasteiger charge is 2.24. The maximum absolute atomic E-state index is 12.4. The van der Waals surface area contributed by atoms with E-state index in [1.807, 2.05) is 0 Å². The zero-order chi connectivity index (χ0) is 17.0. The number of nitrogens with one attached hydrogen (secondary N) is 2. The van der Waals surface area contributed by atoms with Gasteiger partial charge in [-0.1, -0.05) is 0 Å². The molecule has 0 aliphatic carbocycles. The van der Waals surface area contributed by atoms with Crippen molar-refractivity contribution in [2.24, 2.45) is 0 Å². The van der Waals surface area contributed by atoms with Gasteiger partial charge in [0.2, 0.25) is 5.91 Å². The monoisotopic (exact) mass is 354 g/mol. The molecule has 2 rings (SSSR count). The quantitative estimate of drug-likeness (QED) is 0.802. The third kappa shape index (κ3) is 4.08. The number of ether oxygens (including phenoxy) is 1. The molecule has 1 heterocycles. The van der Waals surface area contributed by atoms with Gasteiger partial charge in [-0.3, -0.25) is 9.52 Å². The second-order valence-electron chi connectivity index (χ2n) is 4.47. The number of esters is 1. The molecule has 2 N–H and O–H groups in total. The molecule has 0 saturated heterocycles. The fraction of sp³-hybridized carbons (Fsp3) is 0.143. The molecule has 1 amide bonds. The number of rotatable bonds is 5. The van der Waals surface area contributed by atoms with Crippen molar-refractivity contribution in [3.8, 4) is 0 Å². The first kappa shape index (κ1) is 17.0. The third-order valence-corrected chi connectivity index (χ3v) is 5.19. The number of amides is 1. The van der Waals surface area contributed by atoms with Gasteiger partial charge < -0.3 is 10.1 Å². The van der Waals surface area contributed by atoms with Crippen molar-refractivity contribution in [3.05, 3.63) is 40.6 Å². The minimum atomic E-state index is -3.92. The van der Waals surface area contributed by atoms with Gasteiger partial charge in [0.05, 0.1) is 7.11 Å². The molecule has 2 aromatic rings. The summed E-state index contributed by atoms with van der Waals surface area (Å²) >= 11 is 0.988. The molecule has 1 aromatic carbocycles. The van der Waals surface area contributed by atoms with Crippen LogP contribution in [-0.4, -0.2) is 27.4 Å². The van der Waals surface area contributed by atoms with Crippen molar-refractivity contribution in [2.75, 3.05) is 17.1 Å². The van der Waals surface area contributed by atoms with Crippen LogP contribution < -0.4 is 10.0 Å². The van der Waals surface area contributed by atoms with Gasteiger partial charge in [-0.25, -0.2) is 13.2 Å². The van der Waals surface area contributed by atoms with Crippen LogP contribution in [0.15, 0.2) is 40.6 Å². The Kier molecular flexibility index (Phi) is 5.02. The van der Waals surface area contributed by atoms with Gasteiger partial charge in [0.25, 0.3) is 10.0 Å². The molecule has 9 heteroatoms. The molecule has 7 nitrogen and oxygen atoms in total. The van der Waals surface area contributed by atoms with Gasteiger partial charge in [0, 0.05) is 18.3 Å². The molecule has 0 aliphatic rings. The van der Waals surface area contributed by atoms with Crippen LogP contribution in [0.4, 0.5) is 11.4 Å². The Labute approximate surface area is 137 Å². The maximum atomic E-state index is 12.4. The number of hydrogen-bond acceptors (Lipinski definition) is 6. The van der Waals surface area contributed by atoms with E-state index in [0.29, 0.717) is 11.4 Å². The lowest BCUT2D eigenvalue weighted by Gasteiger charge is -2.09. The Bertz CT molecular complexity index is 825. The highest BCUT2D eigenvalue weighted by atomic mass is 32.2. The minimum Gasteiger partial charge on any atom is -0.465 e. The fourth-order valence-electron chi connectivity index (χ4n) is 1.79. The summed E-state index contributed by atoms with van der Waals surface area (Å²) < 4.78 is 31.7. The van der Waals surface area contributed by atoms with Crippen molar-refractivity contribution in [1.82, 2.24) is 0 Å². The lowest BCUT2D eigenvalue weighted by molar-refractivity contribution is -0.114. The van der Waals surface area contributed by atoms with Crippen molar-refractivity contribution < 1.29 is 22.7 Å². The minimum absolute atomic E-state index is 0.00914. The number of thiophene rings is 1. The second kappa shape index (κ2) is 6.80. The number of benzene rings is 1. The smallest absolute Gasteiger partial charge is 0.349 e. The highest BCUT2D eigenvalue weighted by Crippen LogP contribution is 2.25.